The van der Waals surface area contributed by atoms with Crippen molar-refractivity contribution >= 4 is 17.3 Å². The Labute approximate surface area is 162 Å². The smallest absolute Gasteiger partial charge is 0.287 e. The number of hydrogen-bond acceptors (Lipinski definition) is 3. The second-order valence-electron chi connectivity index (χ2n) is 6.62. The number of nitrogens with one attached hydrogen (secondary N) is 2. The molecule has 0 bridgehead atoms. The highest BCUT2D eigenvalue weighted by Gasteiger charge is 2.22. The Balaban J connectivity index is 1.77. The predicted octanol–water partition coefficient (Wildman–Crippen LogP) is 2.97. The topological polar surface area (TPSA) is 75.5 Å². The number of hydrogen-bond donors (Lipinski definition) is 2. The SMILES string of the molecule is CCC(C)NC(=O)c1nc(C(=O)NCCc2ccccc2F)n2ccccc12. The van der Waals surface area contributed by atoms with Gasteiger partial charge in [-0.2, -0.15) is 0 Å². The number of amides is 2. The van der Waals surface area contributed by atoms with Crippen LogP contribution in [0.1, 0.15) is 46.9 Å². The van der Waals surface area contributed by atoms with E-state index in [0.717, 1.165) is 6.42 Å². The Kier molecular flexibility index (Phi) is 6.03. The molecule has 1 unspecified atom stereocenters. The van der Waals surface area contributed by atoms with Gasteiger partial charge in [0.15, 0.2) is 5.69 Å². The molecule has 6 nitrogen and oxygen atoms in total. The van der Waals surface area contributed by atoms with Crippen LogP contribution in [0.25, 0.3) is 5.52 Å². The van der Waals surface area contributed by atoms with Crippen molar-refractivity contribution in [2.45, 2.75) is 32.7 Å². The number of benzene rings is 1. The largest absolute Gasteiger partial charge is 0.349 e. The second-order valence-corrected chi connectivity index (χ2v) is 6.62. The van der Waals surface area contributed by atoms with E-state index >= 15 is 0 Å². The third-order valence-corrected chi connectivity index (χ3v) is 4.59. The van der Waals surface area contributed by atoms with Crippen molar-refractivity contribution in [2.24, 2.45) is 0 Å². The van der Waals surface area contributed by atoms with Crippen LogP contribution in [-0.2, 0) is 6.42 Å². The summed E-state index contributed by atoms with van der Waals surface area (Å²) in [7, 11) is 0. The quantitative estimate of drug-likeness (QED) is 0.660. The fraction of sp³-hybridized carbons (Fsp3) is 0.286. The summed E-state index contributed by atoms with van der Waals surface area (Å²) in [4.78, 5) is 29.5. The fourth-order valence-corrected chi connectivity index (χ4v) is 2.85. The number of carbonyl (C=O) groups is 2. The van der Waals surface area contributed by atoms with E-state index in [1.807, 2.05) is 13.8 Å². The maximum atomic E-state index is 13.7. The van der Waals surface area contributed by atoms with Gasteiger partial charge >= 0.3 is 0 Å². The van der Waals surface area contributed by atoms with Gasteiger partial charge in [-0.25, -0.2) is 9.37 Å². The van der Waals surface area contributed by atoms with Crippen LogP contribution >= 0.6 is 0 Å². The normalized spacial score (nSPS) is 12.0. The van der Waals surface area contributed by atoms with Gasteiger partial charge in [0, 0.05) is 18.8 Å². The monoisotopic (exact) mass is 382 g/mol. The number of aromatic nitrogens is 2. The molecule has 2 amide bonds. The third-order valence-electron chi connectivity index (χ3n) is 4.59. The van der Waals surface area contributed by atoms with Gasteiger partial charge in [-0.1, -0.05) is 31.2 Å². The summed E-state index contributed by atoms with van der Waals surface area (Å²) >= 11 is 0. The molecule has 0 radical (unpaired) electrons. The summed E-state index contributed by atoms with van der Waals surface area (Å²) < 4.78 is 15.3. The van der Waals surface area contributed by atoms with Crippen LogP contribution in [-0.4, -0.2) is 33.8 Å². The summed E-state index contributed by atoms with van der Waals surface area (Å²) in [6.45, 7) is 4.15. The molecule has 2 heterocycles. The molecule has 3 rings (SSSR count). The lowest BCUT2D eigenvalue weighted by atomic mass is 10.1. The number of pyridine rings is 1. The van der Waals surface area contributed by atoms with Crippen LogP contribution in [0.5, 0.6) is 0 Å². The van der Waals surface area contributed by atoms with Crippen LogP contribution in [0.3, 0.4) is 0 Å². The van der Waals surface area contributed by atoms with E-state index in [2.05, 4.69) is 15.6 Å². The minimum absolute atomic E-state index is 0.00556. The summed E-state index contributed by atoms with van der Waals surface area (Å²) in [6, 6.07) is 11.8. The minimum atomic E-state index is -0.417. The van der Waals surface area contributed by atoms with Crippen molar-refractivity contribution in [3.8, 4) is 0 Å². The van der Waals surface area contributed by atoms with Gasteiger partial charge in [-0.3, -0.25) is 14.0 Å². The summed E-state index contributed by atoms with van der Waals surface area (Å²) in [5.41, 5.74) is 1.30. The molecule has 0 aliphatic heterocycles. The molecule has 146 valence electrons. The van der Waals surface area contributed by atoms with Crippen LogP contribution in [0.4, 0.5) is 4.39 Å². The predicted molar refractivity (Wildman–Crippen MR) is 105 cm³/mol. The number of rotatable bonds is 7. The molecule has 0 aliphatic carbocycles. The van der Waals surface area contributed by atoms with Crippen LogP contribution in [0.15, 0.2) is 48.7 Å². The van der Waals surface area contributed by atoms with E-state index in [9.17, 15) is 14.0 Å². The Hall–Kier alpha value is -3.22. The van der Waals surface area contributed by atoms with E-state index < -0.39 is 5.91 Å². The Morgan fingerprint density at radius 2 is 1.89 bits per heavy atom. The van der Waals surface area contributed by atoms with Gasteiger partial charge in [0.05, 0.1) is 5.52 Å². The lowest BCUT2D eigenvalue weighted by Gasteiger charge is -2.09. The lowest BCUT2D eigenvalue weighted by Crippen LogP contribution is -2.32. The molecule has 1 aromatic carbocycles. The van der Waals surface area contributed by atoms with E-state index in [0.29, 0.717) is 17.5 Å². The standard InChI is InChI=1S/C21H23FN4O2/c1-3-14(2)24-20(27)18-17-10-6-7-13-26(17)19(25-18)21(28)23-12-11-15-8-4-5-9-16(15)22/h4-10,13-14H,3,11-12H2,1-2H3,(H,23,28)(H,24,27). The van der Waals surface area contributed by atoms with Gasteiger partial charge in [0.2, 0.25) is 5.82 Å². The third kappa shape index (κ3) is 4.19. The second kappa shape index (κ2) is 8.65. The van der Waals surface area contributed by atoms with E-state index in [4.69, 9.17) is 0 Å². The number of halogens is 1. The molecule has 0 saturated carbocycles. The van der Waals surface area contributed by atoms with Gasteiger partial charge in [-0.15, -0.1) is 0 Å². The number of imidazole rings is 1. The average molecular weight is 382 g/mol. The Bertz CT molecular complexity index is 999. The fourth-order valence-electron chi connectivity index (χ4n) is 2.85. The average Bonchev–Trinajstić information content (AvgIpc) is 3.09. The van der Waals surface area contributed by atoms with Gasteiger partial charge in [0.1, 0.15) is 5.82 Å². The molecular weight excluding hydrogens is 359 g/mol. The maximum absolute atomic E-state index is 13.7. The van der Waals surface area contributed by atoms with E-state index in [1.165, 1.54) is 6.07 Å². The van der Waals surface area contributed by atoms with Crippen molar-refractivity contribution < 1.29 is 14.0 Å². The van der Waals surface area contributed by atoms with Gasteiger partial charge in [-0.05, 0) is 43.5 Å². The first-order valence-electron chi connectivity index (χ1n) is 9.30. The molecule has 2 N–H and O–H groups in total. The molecular formula is C21H23FN4O2. The zero-order valence-electron chi connectivity index (χ0n) is 15.9. The van der Waals surface area contributed by atoms with E-state index in [-0.39, 0.29) is 35.8 Å². The maximum Gasteiger partial charge on any atom is 0.287 e. The molecule has 0 aliphatic rings. The van der Waals surface area contributed by atoms with E-state index in [1.54, 1.807) is 47.0 Å². The molecule has 28 heavy (non-hydrogen) atoms. The summed E-state index contributed by atoms with van der Waals surface area (Å²) in [5, 5.41) is 5.62. The molecule has 7 heteroatoms. The zero-order chi connectivity index (χ0) is 20.1. The van der Waals surface area contributed by atoms with Crippen LogP contribution in [0.2, 0.25) is 0 Å². The number of nitrogens with zero attached hydrogens (tertiary/aromatic N) is 2. The minimum Gasteiger partial charge on any atom is -0.349 e. The highest BCUT2D eigenvalue weighted by atomic mass is 19.1. The highest BCUT2D eigenvalue weighted by molar-refractivity contribution is 6.02. The molecule has 0 saturated heterocycles. The lowest BCUT2D eigenvalue weighted by molar-refractivity contribution is 0.0936. The highest BCUT2D eigenvalue weighted by Crippen LogP contribution is 2.14. The summed E-state index contributed by atoms with van der Waals surface area (Å²) in [6.07, 6.45) is 2.85. The molecule has 2 aromatic heterocycles. The Morgan fingerprint density at radius 3 is 2.64 bits per heavy atom. The first-order valence-corrected chi connectivity index (χ1v) is 9.30. The van der Waals surface area contributed by atoms with Crippen molar-refractivity contribution in [3.63, 3.8) is 0 Å². The van der Waals surface area contributed by atoms with Gasteiger partial charge < -0.3 is 10.6 Å². The first-order chi connectivity index (χ1) is 13.5. The van der Waals surface area contributed by atoms with Crippen LogP contribution < -0.4 is 10.6 Å². The van der Waals surface area contributed by atoms with Crippen molar-refractivity contribution in [3.05, 3.63) is 71.6 Å². The zero-order valence-corrected chi connectivity index (χ0v) is 15.9. The van der Waals surface area contributed by atoms with Crippen molar-refractivity contribution in [2.75, 3.05) is 6.54 Å². The molecule has 1 atom stereocenters. The van der Waals surface area contributed by atoms with Crippen molar-refractivity contribution in [1.29, 1.82) is 0 Å². The van der Waals surface area contributed by atoms with Crippen LogP contribution in [0, 0.1) is 5.82 Å². The molecule has 3 aromatic rings. The molecule has 0 fully saturated rings. The van der Waals surface area contributed by atoms with Gasteiger partial charge in [0.25, 0.3) is 11.8 Å². The number of fused-ring (bicyclic) bond motifs is 1. The molecule has 0 spiro atoms. The van der Waals surface area contributed by atoms with Crippen molar-refractivity contribution in [1.82, 2.24) is 20.0 Å². The first kappa shape index (κ1) is 19.5. The number of carbonyl (C=O) groups excluding carboxylic acids is 2. The Morgan fingerprint density at radius 1 is 1.14 bits per heavy atom. The summed E-state index contributed by atoms with van der Waals surface area (Å²) in [5.74, 6) is -0.908.